The van der Waals surface area contributed by atoms with Crippen LogP contribution in [-0.2, 0) is 16.6 Å². The number of aromatic nitrogens is 1. The smallest absolute Gasteiger partial charge is 0.191 e. The highest BCUT2D eigenvalue weighted by molar-refractivity contribution is 14.0. The minimum atomic E-state index is 0. The Hall–Kier alpha value is -0.410. The van der Waals surface area contributed by atoms with E-state index in [4.69, 9.17) is 9.72 Å². The molecule has 2 fully saturated rings. The van der Waals surface area contributed by atoms with E-state index in [1.54, 1.807) is 11.3 Å². The lowest BCUT2D eigenvalue weighted by Gasteiger charge is -2.60. The van der Waals surface area contributed by atoms with E-state index in [2.05, 4.69) is 55.6 Å². The van der Waals surface area contributed by atoms with Crippen molar-refractivity contribution in [3.05, 3.63) is 16.1 Å². The van der Waals surface area contributed by atoms with Crippen LogP contribution in [0.2, 0.25) is 0 Å². The van der Waals surface area contributed by atoms with E-state index >= 15 is 0 Å². The van der Waals surface area contributed by atoms with Crippen LogP contribution in [0.4, 0.5) is 0 Å². The Morgan fingerprint density at radius 2 is 2.15 bits per heavy atom. The second-order valence-electron chi connectivity index (χ2n) is 9.17. The molecule has 1 aliphatic heterocycles. The average Bonchev–Trinajstić information content (AvgIpc) is 3.07. The van der Waals surface area contributed by atoms with Gasteiger partial charge in [0.15, 0.2) is 5.96 Å². The lowest BCUT2D eigenvalue weighted by molar-refractivity contribution is -0.188. The first-order valence-corrected chi connectivity index (χ1v) is 10.6. The van der Waals surface area contributed by atoms with E-state index in [0.29, 0.717) is 18.1 Å². The molecule has 0 aromatic carbocycles. The van der Waals surface area contributed by atoms with Crippen molar-refractivity contribution in [3.63, 3.8) is 0 Å². The van der Waals surface area contributed by atoms with Crippen LogP contribution in [-0.4, -0.2) is 43.3 Å². The molecule has 1 saturated carbocycles. The lowest BCUT2D eigenvalue weighted by Crippen LogP contribution is -2.71. The maximum Gasteiger partial charge on any atom is 0.191 e. The standard InChI is InChI=1S/C20H34N4OS.HI/c1-19(2,3)14-12-26-15(23-14)9-10-22-18(21-6)24-16-13-8-7-11-25-17(13)20(16,4)5;/h12-13,16-17H,7-11H2,1-6H3,(H2,21,22,24);1H. The predicted octanol–water partition coefficient (Wildman–Crippen LogP) is 3.97. The second kappa shape index (κ2) is 8.95. The SMILES string of the molecule is CN=C(NCCc1nc(C(C)(C)C)cs1)NC1C2CCCOC2C1(C)C.I. The fourth-order valence-corrected chi connectivity index (χ4v) is 5.24. The number of fused-ring (bicyclic) bond motifs is 1. The first-order chi connectivity index (χ1) is 12.2. The van der Waals surface area contributed by atoms with Gasteiger partial charge in [-0.25, -0.2) is 4.98 Å². The molecule has 2 aliphatic rings. The topological polar surface area (TPSA) is 58.5 Å². The molecule has 2 heterocycles. The monoisotopic (exact) mass is 506 g/mol. The molecular weight excluding hydrogens is 471 g/mol. The average molecular weight is 506 g/mol. The summed E-state index contributed by atoms with van der Waals surface area (Å²) in [5.41, 5.74) is 1.45. The zero-order valence-electron chi connectivity index (χ0n) is 17.5. The Morgan fingerprint density at radius 3 is 2.78 bits per heavy atom. The zero-order valence-corrected chi connectivity index (χ0v) is 20.6. The van der Waals surface area contributed by atoms with Crippen molar-refractivity contribution in [2.45, 2.75) is 71.4 Å². The Labute approximate surface area is 185 Å². The van der Waals surface area contributed by atoms with Crippen LogP contribution in [0.5, 0.6) is 0 Å². The van der Waals surface area contributed by atoms with Gasteiger partial charge >= 0.3 is 0 Å². The third-order valence-corrected chi connectivity index (χ3v) is 6.71. The van der Waals surface area contributed by atoms with Crippen molar-refractivity contribution in [2.75, 3.05) is 20.2 Å². The summed E-state index contributed by atoms with van der Waals surface area (Å²) in [4.78, 5) is 9.20. The highest BCUT2D eigenvalue weighted by Gasteiger charge is 2.58. The summed E-state index contributed by atoms with van der Waals surface area (Å²) in [5, 5.41) is 10.5. The Morgan fingerprint density at radius 1 is 1.41 bits per heavy atom. The van der Waals surface area contributed by atoms with E-state index in [-0.39, 0.29) is 34.8 Å². The number of nitrogens with one attached hydrogen (secondary N) is 2. The van der Waals surface area contributed by atoms with E-state index in [0.717, 1.165) is 25.5 Å². The first kappa shape index (κ1) is 22.9. The van der Waals surface area contributed by atoms with Gasteiger partial charge in [0.05, 0.1) is 16.8 Å². The summed E-state index contributed by atoms with van der Waals surface area (Å²) in [5.74, 6) is 1.49. The largest absolute Gasteiger partial charge is 0.377 e. The van der Waals surface area contributed by atoms with E-state index in [1.165, 1.54) is 23.5 Å². The number of hydrogen-bond acceptors (Lipinski definition) is 4. The van der Waals surface area contributed by atoms with Crippen molar-refractivity contribution in [1.29, 1.82) is 0 Å². The Bertz CT molecular complexity index is 653. The number of hydrogen-bond donors (Lipinski definition) is 2. The maximum atomic E-state index is 6.00. The molecule has 1 aromatic heterocycles. The highest BCUT2D eigenvalue weighted by atomic mass is 127. The van der Waals surface area contributed by atoms with Gasteiger partial charge in [0.25, 0.3) is 0 Å². The Balaban J connectivity index is 0.00000261. The third kappa shape index (κ3) is 4.96. The number of ether oxygens (including phenoxy) is 1. The van der Waals surface area contributed by atoms with E-state index < -0.39 is 0 Å². The molecule has 5 nitrogen and oxygen atoms in total. The number of thiazole rings is 1. The number of guanidine groups is 1. The zero-order chi connectivity index (χ0) is 18.9. The molecule has 0 bridgehead atoms. The van der Waals surface area contributed by atoms with Crippen LogP contribution in [0.15, 0.2) is 10.4 Å². The minimum Gasteiger partial charge on any atom is -0.377 e. The van der Waals surface area contributed by atoms with Crippen molar-refractivity contribution >= 4 is 41.3 Å². The van der Waals surface area contributed by atoms with Crippen LogP contribution in [0, 0.1) is 11.3 Å². The number of aliphatic imine (C=N–C) groups is 1. The van der Waals surface area contributed by atoms with E-state index in [9.17, 15) is 0 Å². The first-order valence-electron chi connectivity index (χ1n) is 9.77. The van der Waals surface area contributed by atoms with Gasteiger partial charge in [-0.15, -0.1) is 35.3 Å². The van der Waals surface area contributed by atoms with Crippen LogP contribution in [0.25, 0.3) is 0 Å². The Kier molecular flexibility index (Phi) is 7.58. The predicted molar refractivity (Wildman–Crippen MR) is 124 cm³/mol. The molecule has 0 amide bonds. The lowest BCUT2D eigenvalue weighted by atomic mass is 9.55. The molecular formula is C20H35IN4OS. The van der Waals surface area contributed by atoms with Gasteiger partial charge in [-0.1, -0.05) is 34.6 Å². The van der Waals surface area contributed by atoms with Gasteiger partial charge in [0, 0.05) is 54.8 Å². The molecule has 2 N–H and O–H groups in total. The summed E-state index contributed by atoms with van der Waals surface area (Å²) in [6.45, 7) is 13.0. The summed E-state index contributed by atoms with van der Waals surface area (Å²) in [6, 6.07) is 0.423. The number of rotatable bonds is 4. The normalized spacial score (nSPS) is 27.2. The molecule has 3 rings (SSSR count). The molecule has 7 heteroatoms. The van der Waals surface area contributed by atoms with E-state index in [1.807, 2.05) is 7.05 Å². The van der Waals surface area contributed by atoms with Crippen molar-refractivity contribution < 1.29 is 4.74 Å². The quantitative estimate of drug-likeness (QED) is 0.369. The second-order valence-corrected chi connectivity index (χ2v) is 10.1. The molecule has 1 aliphatic carbocycles. The summed E-state index contributed by atoms with van der Waals surface area (Å²) < 4.78 is 6.00. The van der Waals surface area contributed by atoms with Gasteiger partial charge in [0.2, 0.25) is 0 Å². The van der Waals surface area contributed by atoms with Crippen molar-refractivity contribution in [2.24, 2.45) is 16.3 Å². The molecule has 0 radical (unpaired) electrons. The fourth-order valence-electron chi connectivity index (χ4n) is 4.22. The van der Waals surface area contributed by atoms with Crippen molar-refractivity contribution in [1.82, 2.24) is 15.6 Å². The van der Waals surface area contributed by atoms with Crippen LogP contribution >= 0.6 is 35.3 Å². The summed E-state index contributed by atoms with van der Waals surface area (Å²) >= 11 is 1.75. The van der Waals surface area contributed by atoms with Crippen molar-refractivity contribution in [3.8, 4) is 0 Å². The third-order valence-electron chi connectivity index (χ3n) is 5.80. The summed E-state index contributed by atoms with van der Waals surface area (Å²) in [6.07, 6.45) is 3.72. The molecule has 154 valence electrons. The maximum absolute atomic E-state index is 6.00. The highest BCUT2D eigenvalue weighted by Crippen LogP contribution is 2.51. The van der Waals surface area contributed by atoms with Crippen LogP contribution in [0.1, 0.15) is 58.2 Å². The molecule has 0 spiro atoms. The molecule has 1 aromatic rings. The molecule has 3 atom stereocenters. The molecule has 27 heavy (non-hydrogen) atoms. The minimum absolute atomic E-state index is 0. The number of halogens is 1. The van der Waals surface area contributed by atoms with Gasteiger partial charge in [0.1, 0.15) is 0 Å². The fraction of sp³-hybridized carbons (Fsp3) is 0.800. The number of nitrogens with zero attached hydrogens (tertiary/aromatic N) is 2. The summed E-state index contributed by atoms with van der Waals surface area (Å²) in [7, 11) is 1.84. The molecule has 3 unspecified atom stereocenters. The van der Waals surface area contributed by atoms with Gasteiger partial charge in [-0.2, -0.15) is 0 Å². The van der Waals surface area contributed by atoms with Crippen LogP contribution < -0.4 is 10.6 Å². The van der Waals surface area contributed by atoms with Gasteiger partial charge < -0.3 is 15.4 Å². The molecule has 1 saturated heterocycles. The van der Waals surface area contributed by atoms with Crippen LogP contribution in [0.3, 0.4) is 0 Å². The van der Waals surface area contributed by atoms with Gasteiger partial charge in [-0.3, -0.25) is 4.99 Å². The van der Waals surface area contributed by atoms with Gasteiger partial charge in [-0.05, 0) is 12.8 Å².